The number of carbonyl (C=O) groups is 1. The van der Waals surface area contributed by atoms with Crippen LogP contribution in [0.15, 0.2) is 24.0 Å². The van der Waals surface area contributed by atoms with E-state index in [1.54, 1.807) is 34.8 Å². The molecule has 1 amide bonds. The zero-order valence-electron chi connectivity index (χ0n) is 19.3. The van der Waals surface area contributed by atoms with Crippen molar-refractivity contribution in [2.75, 3.05) is 30.1 Å². The number of carbonyl (C=O) groups excluding carboxylic acids is 1. The summed E-state index contributed by atoms with van der Waals surface area (Å²) in [4.78, 5) is 31.3. The van der Waals surface area contributed by atoms with Gasteiger partial charge in [0.2, 0.25) is 5.91 Å². The summed E-state index contributed by atoms with van der Waals surface area (Å²) in [6.07, 6.45) is 10.4. The summed E-state index contributed by atoms with van der Waals surface area (Å²) < 4.78 is 7.77. The molecular formula is C23H29N7O2S. The van der Waals surface area contributed by atoms with Gasteiger partial charge in [0.15, 0.2) is 11.6 Å². The quantitative estimate of drug-likeness (QED) is 0.580. The Bertz CT molecular complexity index is 1120. The summed E-state index contributed by atoms with van der Waals surface area (Å²) >= 11 is 1.56. The van der Waals surface area contributed by atoms with Crippen LogP contribution in [0.2, 0.25) is 0 Å². The maximum atomic E-state index is 13.3. The van der Waals surface area contributed by atoms with Crippen molar-refractivity contribution in [2.24, 2.45) is 7.05 Å². The van der Waals surface area contributed by atoms with Gasteiger partial charge in [-0.1, -0.05) is 19.8 Å². The normalized spacial score (nSPS) is 21.6. The SMILES string of the molecule is CC[C@@H]1C(=O)N(C)c2cnc(-c3cnn(C)c3-c3nccs3)nc2N1C1CCCCCOC1. The highest BCUT2D eigenvalue weighted by molar-refractivity contribution is 7.13. The van der Waals surface area contributed by atoms with Gasteiger partial charge in [0.25, 0.3) is 0 Å². The number of nitrogens with zero attached hydrogens (tertiary/aromatic N) is 7. The average molecular weight is 468 g/mol. The predicted molar refractivity (Wildman–Crippen MR) is 128 cm³/mol. The molecule has 3 aromatic rings. The molecule has 33 heavy (non-hydrogen) atoms. The Balaban J connectivity index is 1.62. The van der Waals surface area contributed by atoms with E-state index < -0.39 is 0 Å². The molecule has 1 unspecified atom stereocenters. The molecule has 0 aromatic carbocycles. The van der Waals surface area contributed by atoms with E-state index in [1.807, 2.05) is 24.2 Å². The van der Waals surface area contributed by atoms with Crippen LogP contribution in [-0.4, -0.2) is 63.0 Å². The summed E-state index contributed by atoms with van der Waals surface area (Å²) in [6, 6.07) is -0.174. The smallest absolute Gasteiger partial charge is 0.249 e. The van der Waals surface area contributed by atoms with Crippen molar-refractivity contribution in [1.29, 1.82) is 0 Å². The van der Waals surface area contributed by atoms with Gasteiger partial charge in [-0.2, -0.15) is 5.10 Å². The predicted octanol–water partition coefficient (Wildman–Crippen LogP) is 3.52. The Morgan fingerprint density at radius 3 is 2.85 bits per heavy atom. The van der Waals surface area contributed by atoms with Gasteiger partial charge in [0, 0.05) is 32.3 Å². The highest BCUT2D eigenvalue weighted by atomic mass is 32.1. The van der Waals surface area contributed by atoms with Crippen LogP contribution in [0.4, 0.5) is 11.5 Å². The van der Waals surface area contributed by atoms with Gasteiger partial charge in [0.1, 0.15) is 22.4 Å². The van der Waals surface area contributed by atoms with Crippen LogP contribution in [0.25, 0.3) is 22.1 Å². The molecule has 1 saturated heterocycles. The first-order valence-corrected chi connectivity index (χ1v) is 12.4. The lowest BCUT2D eigenvalue weighted by molar-refractivity contribution is -0.120. The fourth-order valence-electron chi connectivity index (χ4n) is 4.81. The first-order valence-electron chi connectivity index (χ1n) is 11.5. The third-order valence-corrected chi connectivity index (χ3v) is 7.32. The zero-order valence-corrected chi connectivity index (χ0v) is 20.1. The van der Waals surface area contributed by atoms with Gasteiger partial charge < -0.3 is 14.5 Å². The Morgan fingerprint density at radius 1 is 1.18 bits per heavy atom. The lowest BCUT2D eigenvalue weighted by atomic mass is 10.00. The molecule has 0 saturated carbocycles. The third kappa shape index (κ3) is 3.91. The van der Waals surface area contributed by atoms with E-state index in [-0.39, 0.29) is 18.0 Å². The summed E-state index contributed by atoms with van der Waals surface area (Å²) in [5.74, 6) is 1.45. The van der Waals surface area contributed by atoms with E-state index in [0.717, 1.165) is 60.1 Å². The highest BCUT2D eigenvalue weighted by Gasteiger charge is 2.40. The first-order chi connectivity index (χ1) is 16.1. The van der Waals surface area contributed by atoms with Crippen LogP contribution >= 0.6 is 11.3 Å². The van der Waals surface area contributed by atoms with Gasteiger partial charge in [-0.05, 0) is 19.3 Å². The van der Waals surface area contributed by atoms with Gasteiger partial charge >= 0.3 is 0 Å². The van der Waals surface area contributed by atoms with Crippen molar-refractivity contribution >= 4 is 28.7 Å². The Kier molecular flexibility index (Phi) is 6.11. The van der Waals surface area contributed by atoms with Crippen LogP contribution in [-0.2, 0) is 16.6 Å². The van der Waals surface area contributed by atoms with Crippen molar-refractivity contribution in [3.05, 3.63) is 24.0 Å². The van der Waals surface area contributed by atoms with E-state index >= 15 is 0 Å². The second-order valence-electron chi connectivity index (χ2n) is 8.58. The van der Waals surface area contributed by atoms with Gasteiger partial charge in [0.05, 0.1) is 30.6 Å². The largest absolute Gasteiger partial charge is 0.379 e. The number of fused-ring (bicyclic) bond motifs is 1. The molecule has 0 N–H and O–H groups in total. The minimum absolute atomic E-state index is 0.0771. The molecule has 0 radical (unpaired) electrons. The fraction of sp³-hybridized carbons (Fsp3) is 0.522. The molecular weight excluding hydrogens is 438 g/mol. The highest BCUT2D eigenvalue weighted by Crippen LogP contribution is 2.39. The molecule has 0 bridgehead atoms. The second-order valence-corrected chi connectivity index (χ2v) is 9.47. The first kappa shape index (κ1) is 22.0. The van der Waals surface area contributed by atoms with E-state index in [0.29, 0.717) is 18.9 Å². The molecule has 3 aromatic heterocycles. The fourth-order valence-corrected chi connectivity index (χ4v) is 5.53. The number of ether oxygens (including phenoxy) is 1. The van der Waals surface area contributed by atoms with Crippen molar-refractivity contribution in [3.63, 3.8) is 0 Å². The molecule has 2 atom stereocenters. The summed E-state index contributed by atoms with van der Waals surface area (Å²) in [5.41, 5.74) is 2.45. The standard InChI is InChI=1S/C23H29N7O2S/c1-4-17-23(31)28(2)18-13-25-20(16-12-26-29(3)19(16)22-24-9-11-33-22)27-21(18)30(17)15-8-6-5-7-10-32-14-15/h9,11-13,15,17H,4-8,10,14H2,1-3H3/t15?,17-/m1/s1. The topological polar surface area (TPSA) is 89.3 Å². The Morgan fingerprint density at radius 2 is 2.06 bits per heavy atom. The molecule has 5 rings (SSSR count). The molecule has 0 spiro atoms. The van der Waals surface area contributed by atoms with Crippen molar-refractivity contribution < 1.29 is 9.53 Å². The molecule has 1 fully saturated rings. The number of amides is 1. The number of hydrogen-bond donors (Lipinski definition) is 0. The van der Waals surface area contributed by atoms with Gasteiger partial charge in [-0.15, -0.1) is 11.3 Å². The molecule has 2 aliphatic rings. The number of hydrogen-bond acceptors (Lipinski definition) is 8. The minimum atomic E-state index is -0.273. The molecule has 5 heterocycles. The number of aryl methyl sites for hydroxylation is 1. The van der Waals surface area contributed by atoms with E-state index in [2.05, 4.69) is 26.9 Å². The maximum absolute atomic E-state index is 13.3. The van der Waals surface area contributed by atoms with Crippen LogP contribution in [0, 0.1) is 0 Å². The average Bonchev–Trinajstić information content (AvgIpc) is 3.45. The van der Waals surface area contributed by atoms with E-state index in [9.17, 15) is 4.79 Å². The number of anilines is 2. The van der Waals surface area contributed by atoms with Crippen molar-refractivity contribution in [3.8, 4) is 22.1 Å². The van der Waals surface area contributed by atoms with Crippen LogP contribution < -0.4 is 9.80 Å². The third-order valence-electron chi connectivity index (χ3n) is 6.54. The minimum Gasteiger partial charge on any atom is -0.379 e. The molecule has 9 nitrogen and oxygen atoms in total. The maximum Gasteiger partial charge on any atom is 0.249 e. The second kappa shape index (κ2) is 9.18. The van der Waals surface area contributed by atoms with Crippen molar-refractivity contribution in [2.45, 2.75) is 51.1 Å². The lowest BCUT2D eigenvalue weighted by Crippen LogP contribution is -2.57. The number of rotatable bonds is 4. The molecule has 2 aliphatic heterocycles. The van der Waals surface area contributed by atoms with Gasteiger partial charge in [-0.3, -0.25) is 9.48 Å². The van der Waals surface area contributed by atoms with Crippen LogP contribution in [0.1, 0.15) is 39.0 Å². The number of aromatic nitrogens is 5. The molecule has 0 aliphatic carbocycles. The Hall–Kier alpha value is -2.85. The summed E-state index contributed by atoms with van der Waals surface area (Å²) in [6.45, 7) is 3.43. The summed E-state index contributed by atoms with van der Waals surface area (Å²) in [5, 5.41) is 7.27. The van der Waals surface area contributed by atoms with Crippen molar-refractivity contribution in [1.82, 2.24) is 24.7 Å². The van der Waals surface area contributed by atoms with Crippen LogP contribution in [0.3, 0.4) is 0 Å². The molecule has 10 heteroatoms. The number of thiazole rings is 1. The Labute approximate surface area is 197 Å². The van der Waals surface area contributed by atoms with Crippen LogP contribution in [0.5, 0.6) is 0 Å². The van der Waals surface area contributed by atoms with E-state index in [4.69, 9.17) is 9.72 Å². The monoisotopic (exact) mass is 467 g/mol. The number of likely N-dealkylation sites (N-methyl/N-ethyl adjacent to an activating group) is 1. The molecule has 174 valence electrons. The van der Waals surface area contributed by atoms with Gasteiger partial charge in [-0.25, -0.2) is 15.0 Å². The summed E-state index contributed by atoms with van der Waals surface area (Å²) in [7, 11) is 3.71. The zero-order chi connectivity index (χ0) is 22.9. The van der Waals surface area contributed by atoms with E-state index in [1.165, 1.54) is 0 Å². The lowest BCUT2D eigenvalue weighted by Gasteiger charge is -2.44.